The zero-order chi connectivity index (χ0) is 27.6. The number of aliphatic carboxylic acids is 1. The lowest BCUT2D eigenvalue weighted by Crippen LogP contribution is -2.26. The van der Waals surface area contributed by atoms with E-state index in [4.69, 9.17) is 14.7 Å². The van der Waals surface area contributed by atoms with Crippen molar-refractivity contribution in [2.75, 3.05) is 18.2 Å². The number of hydrogen-bond acceptors (Lipinski definition) is 5. The largest absolute Gasteiger partial charge is 0.491 e. The molecule has 1 amide bonds. The minimum Gasteiger partial charge on any atom is -0.491 e. The lowest BCUT2D eigenvalue weighted by atomic mass is 10.1. The molecule has 2 aromatic rings. The predicted molar refractivity (Wildman–Crippen MR) is 153 cm³/mol. The minimum atomic E-state index is -1.05. The quantitative estimate of drug-likeness (QED) is 0.141. The van der Waals surface area contributed by atoms with Gasteiger partial charge in [0.25, 0.3) is 5.91 Å². The molecule has 0 aliphatic carbocycles. The molecule has 0 aromatic heterocycles. The molecule has 38 heavy (non-hydrogen) atoms. The first-order valence-electron chi connectivity index (χ1n) is 14.1. The van der Waals surface area contributed by atoms with Gasteiger partial charge in [0.2, 0.25) is 0 Å². The van der Waals surface area contributed by atoms with Gasteiger partial charge in [-0.3, -0.25) is 9.63 Å². The highest BCUT2D eigenvalue weighted by Gasteiger charge is 2.12. The maximum atomic E-state index is 12.5. The van der Waals surface area contributed by atoms with Crippen LogP contribution in [-0.2, 0) is 16.2 Å². The van der Waals surface area contributed by atoms with E-state index in [1.54, 1.807) is 12.1 Å². The first-order valence-corrected chi connectivity index (χ1v) is 14.1. The van der Waals surface area contributed by atoms with Gasteiger partial charge in [-0.15, -0.1) is 0 Å². The van der Waals surface area contributed by atoms with Crippen LogP contribution in [0.15, 0.2) is 48.5 Å². The maximum Gasteiger partial charge on any atom is 0.332 e. The number of unbranched alkanes of at least 4 members (excludes halogenated alkanes) is 9. The number of benzene rings is 2. The molecule has 0 aliphatic rings. The molecule has 7 nitrogen and oxygen atoms in total. The van der Waals surface area contributed by atoms with Gasteiger partial charge < -0.3 is 15.2 Å². The molecule has 2 rings (SSSR count). The monoisotopic (exact) mass is 526 g/mol. The van der Waals surface area contributed by atoms with Crippen LogP contribution in [0.4, 0.5) is 5.69 Å². The molecule has 2 N–H and O–H groups in total. The third-order valence-corrected chi connectivity index (χ3v) is 6.20. The second-order valence-electron chi connectivity index (χ2n) is 10.00. The summed E-state index contributed by atoms with van der Waals surface area (Å²) in [4.78, 5) is 29.1. The number of hydroxylamine groups is 1. The molecule has 2 aromatic carbocycles. The van der Waals surface area contributed by atoms with Crippen molar-refractivity contribution in [1.29, 1.82) is 0 Å². The summed E-state index contributed by atoms with van der Waals surface area (Å²) in [6.07, 6.45) is 12.7. The van der Waals surface area contributed by atoms with Crippen molar-refractivity contribution in [3.8, 4) is 5.75 Å². The number of nitrogens with zero attached hydrogens (tertiary/aromatic N) is 1. The van der Waals surface area contributed by atoms with E-state index >= 15 is 0 Å². The number of nitrogens with one attached hydrogen (secondary N) is 1. The smallest absolute Gasteiger partial charge is 0.332 e. The first-order chi connectivity index (χ1) is 18.4. The Morgan fingerprint density at radius 2 is 1.42 bits per heavy atom. The van der Waals surface area contributed by atoms with Crippen LogP contribution in [0.25, 0.3) is 0 Å². The zero-order valence-electron chi connectivity index (χ0n) is 23.4. The summed E-state index contributed by atoms with van der Waals surface area (Å²) in [6, 6.07) is 14.6. The van der Waals surface area contributed by atoms with Gasteiger partial charge >= 0.3 is 5.97 Å². The van der Waals surface area contributed by atoms with Gasteiger partial charge in [0.05, 0.1) is 18.3 Å². The van der Waals surface area contributed by atoms with Crippen LogP contribution in [0, 0.1) is 0 Å². The first kappa shape index (κ1) is 31.2. The molecule has 0 atom stereocenters. The molecule has 0 radical (unpaired) electrons. The number of ether oxygens (including phenoxy) is 1. The fourth-order valence-corrected chi connectivity index (χ4v) is 4.15. The summed E-state index contributed by atoms with van der Waals surface area (Å²) in [5.41, 5.74) is 2.21. The van der Waals surface area contributed by atoms with Crippen molar-refractivity contribution in [2.45, 2.75) is 97.6 Å². The highest BCUT2D eigenvalue weighted by Crippen LogP contribution is 2.23. The Morgan fingerprint density at radius 1 is 0.842 bits per heavy atom. The third-order valence-electron chi connectivity index (χ3n) is 6.20. The third kappa shape index (κ3) is 13.0. The molecular formula is C31H46N2O5. The van der Waals surface area contributed by atoms with Gasteiger partial charge in [-0.1, -0.05) is 76.8 Å². The van der Waals surface area contributed by atoms with Crippen LogP contribution in [0.5, 0.6) is 5.75 Å². The molecule has 0 fully saturated rings. The lowest BCUT2D eigenvalue weighted by Gasteiger charge is -2.24. The molecule has 0 saturated heterocycles. The number of carboxylic acid groups (broad SMARTS) is 1. The number of carbonyl (C=O) groups is 2. The van der Waals surface area contributed by atoms with Gasteiger partial charge in [-0.25, -0.2) is 9.86 Å². The van der Waals surface area contributed by atoms with Crippen molar-refractivity contribution in [3.63, 3.8) is 0 Å². The highest BCUT2D eigenvalue weighted by atomic mass is 16.7. The van der Waals surface area contributed by atoms with E-state index in [1.807, 2.05) is 50.2 Å². The van der Waals surface area contributed by atoms with E-state index in [2.05, 4.69) is 12.2 Å². The average molecular weight is 527 g/mol. The SMILES string of the molecule is CCCCCCCCCCCCNC(=O)c1ccc(CN(OCC(=O)O)c2ccc(OC(C)C)cc2)cc1. The molecule has 0 unspecified atom stereocenters. The molecule has 0 saturated carbocycles. The fraction of sp³-hybridized carbons (Fsp3) is 0.548. The number of carboxylic acids is 1. The van der Waals surface area contributed by atoms with Crippen molar-refractivity contribution in [1.82, 2.24) is 5.32 Å². The fourth-order valence-electron chi connectivity index (χ4n) is 4.15. The van der Waals surface area contributed by atoms with Gasteiger partial charge in [0, 0.05) is 12.1 Å². The van der Waals surface area contributed by atoms with E-state index in [-0.39, 0.29) is 12.0 Å². The van der Waals surface area contributed by atoms with Crippen LogP contribution >= 0.6 is 0 Å². The van der Waals surface area contributed by atoms with E-state index in [0.29, 0.717) is 24.3 Å². The summed E-state index contributed by atoms with van der Waals surface area (Å²) in [5.74, 6) is -0.397. The van der Waals surface area contributed by atoms with Crippen LogP contribution in [0.3, 0.4) is 0 Å². The Labute approximate surface area is 228 Å². The van der Waals surface area contributed by atoms with E-state index in [9.17, 15) is 9.59 Å². The Balaban J connectivity index is 1.78. The maximum absolute atomic E-state index is 12.5. The molecule has 210 valence electrons. The lowest BCUT2D eigenvalue weighted by molar-refractivity contribution is -0.142. The normalized spacial score (nSPS) is 10.9. The van der Waals surface area contributed by atoms with Crippen LogP contribution in [-0.4, -0.2) is 36.2 Å². The summed E-state index contributed by atoms with van der Waals surface area (Å²) >= 11 is 0. The van der Waals surface area contributed by atoms with Crippen LogP contribution < -0.4 is 15.1 Å². The van der Waals surface area contributed by atoms with Crippen LogP contribution in [0.2, 0.25) is 0 Å². The molecule has 0 aliphatic heterocycles. The Kier molecular flexibility index (Phi) is 15.0. The van der Waals surface area contributed by atoms with Gasteiger partial charge in [-0.05, 0) is 62.2 Å². The summed E-state index contributed by atoms with van der Waals surface area (Å²) < 4.78 is 5.68. The molecule has 0 spiro atoms. The second-order valence-corrected chi connectivity index (χ2v) is 10.00. The number of anilines is 1. The van der Waals surface area contributed by atoms with Crippen molar-refractivity contribution in [3.05, 3.63) is 59.7 Å². The highest BCUT2D eigenvalue weighted by molar-refractivity contribution is 5.94. The van der Waals surface area contributed by atoms with Crippen LogP contribution in [0.1, 0.15) is 101 Å². The van der Waals surface area contributed by atoms with E-state index < -0.39 is 12.6 Å². The molecule has 7 heteroatoms. The number of amides is 1. The number of carbonyl (C=O) groups excluding carboxylic acids is 1. The van der Waals surface area contributed by atoms with Gasteiger partial charge in [-0.2, -0.15) is 0 Å². The van der Waals surface area contributed by atoms with Crippen molar-refractivity contribution in [2.24, 2.45) is 0 Å². The van der Waals surface area contributed by atoms with Gasteiger partial charge in [0.1, 0.15) is 5.75 Å². The molecule has 0 heterocycles. The second kappa shape index (κ2) is 18.2. The van der Waals surface area contributed by atoms with E-state index in [1.165, 1.54) is 56.4 Å². The Bertz CT molecular complexity index is 928. The number of hydrogen-bond donors (Lipinski definition) is 2. The Morgan fingerprint density at radius 3 is 1.97 bits per heavy atom. The summed E-state index contributed by atoms with van der Waals surface area (Å²) in [5, 5.41) is 13.6. The topological polar surface area (TPSA) is 88.1 Å². The van der Waals surface area contributed by atoms with Crippen molar-refractivity contribution < 1.29 is 24.3 Å². The van der Waals surface area contributed by atoms with Crippen molar-refractivity contribution >= 4 is 17.6 Å². The molecular weight excluding hydrogens is 480 g/mol. The minimum absolute atomic E-state index is 0.0610. The molecule has 0 bridgehead atoms. The predicted octanol–water partition coefficient (Wildman–Crippen LogP) is 7.15. The Hall–Kier alpha value is -3.06. The van der Waals surface area contributed by atoms with Gasteiger partial charge in [0.15, 0.2) is 6.61 Å². The van der Waals surface area contributed by atoms with E-state index in [0.717, 1.165) is 24.2 Å². The standard InChI is InChI=1S/C31H46N2O5/c1-4-5-6-7-8-9-10-11-12-13-22-32-31(36)27-16-14-26(15-17-27)23-33(37-24-30(34)35)28-18-20-29(21-19-28)38-25(2)3/h14-21,25H,4-13,22-24H2,1-3H3,(H,32,36)(H,34,35). The number of rotatable bonds is 20. The summed E-state index contributed by atoms with van der Waals surface area (Å²) in [7, 11) is 0. The average Bonchev–Trinajstić information content (AvgIpc) is 2.90. The summed E-state index contributed by atoms with van der Waals surface area (Å²) in [6.45, 7) is 6.72. The zero-order valence-corrected chi connectivity index (χ0v) is 23.4.